The van der Waals surface area contributed by atoms with Crippen LogP contribution in [-0.2, 0) is 4.79 Å². The lowest BCUT2D eigenvalue weighted by atomic mass is 9.85. The summed E-state index contributed by atoms with van der Waals surface area (Å²) in [5.74, 6) is 0.601. The number of nitrogens with one attached hydrogen (secondary N) is 1. The third-order valence-corrected chi connectivity index (χ3v) is 4.81. The van der Waals surface area contributed by atoms with Gasteiger partial charge in [0.1, 0.15) is 0 Å². The fourth-order valence-corrected chi connectivity index (χ4v) is 3.53. The molecule has 21 heavy (non-hydrogen) atoms. The van der Waals surface area contributed by atoms with Gasteiger partial charge in [0.15, 0.2) is 0 Å². The first-order chi connectivity index (χ1) is 10.2. The Balaban J connectivity index is 1.76. The van der Waals surface area contributed by atoms with Crippen molar-refractivity contribution in [2.45, 2.75) is 38.1 Å². The molecule has 0 saturated carbocycles. The number of nitrogens with zero attached hydrogens (tertiary/aromatic N) is 1. The van der Waals surface area contributed by atoms with E-state index >= 15 is 0 Å². The summed E-state index contributed by atoms with van der Waals surface area (Å²) in [4.78, 5) is 14.9. The molecule has 0 radical (unpaired) electrons. The number of piperidine rings is 1. The van der Waals surface area contributed by atoms with E-state index in [2.05, 4.69) is 24.4 Å². The van der Waals surface area contributed by atoms with Gasteiger partial charge in [-0.15, -0.1) is 0 Å². The highest BCUT2D eigenvalue weighted by Gasteiger charge is 2.33. The van der Waals surface area contributed by atoms with Gasteiger partial charge in [-0.3, -0.25) is 4.79 Å². The van der Waals surface area contributed by atoms with Crippen LogP contribution < -0.4 is 5.32 Å². The van der Waals surface area contributed by atoms with Crippen LogP contribution in [0.25, 0.3) is 0 Å². The first-order valence-corrected chi connectivity index (χ1v) is 7.94. The van der Waals surface area contributed by atoms with Crippen LogP contribution in [0.15, 0.2) is 24.3 Å². The minimum absolute atomic E-state index is 0.0249. The summed E-state index contributed by atoms with van der Waals surface area (Å²) < 4.78 is 0. The smallest absolute Gasteiger partial charge is 0.230 e. The number of likely N-dealkylation sites (tertiary alicyclic amines) is 1. The van der Waals surface area contributed by atoms with Crippen LogP contribution in [0.3, 0.4) is 0 Å². The van der Waals surface area contributed by atoms with Gasteiger partial charge in [0.2, 0.25) is 5.91 Å². The van der Waals surface area contributed by atoms with Crippen molar-refractivity contribution in [3.63, 3.8) is 0 Å². The van der Waals surface area contributed by atoms with E-state index < -0.39 is 0 Å². The summed E-state index contributed by atoms with van der Waals surface area (Å²) in [5, 5.41) is 12.7. The summed E-state index contributed by atoms with van der Waals surface area (Å²) in [5.41, 5.74) is 2.23. The third-order valence-electron chi connectivity index (χ3n) is 4.81. The minimum atomic E-state index is -0.0249. The Morgan fingerprint density at radius 2 is 2.05 bits per heavy atom. The van der Waals surface area contributed by atoms with E-state index in [0.29, 0.717) is 12.0 Å². The van der Waals surface area contributed by atoms with E-state index in [1.165, 1.54) is 0 Å². The molecule has 2 heterocycles. The maximum atomic E-state index is 12.9. The lowest BCUT2D eigenvalue weighted by Crippen LogP contribution is -2.43. The molecule has 2 atom stereocenters. The first-order valence-electron chi connectivity index (χ1n) is 7.94. The second-order valence-corrected chi connectivity index (χ2v) is 6.37. The van der Waals surface area contributed by atoms with Gasteiger partial charge in [-0.1, -0.05) is 18.2 Å². The average Bonchev–Trinajstić information content (AvgIpc) is 2.53. The Hall–Kier alpha value is -1.55. The molecule has 2 aliphatic heterocycles. The molecule has 2 aliphatic rings. The van der Waals surface area contributed by atoms with Crippen LogP contribution >= 0.6 is 0 Å². The fourth-order valence-electron chi connectivity index (χ4n) is 3.53. The normalized spacial score (nSPS) is 26.1. The van der Waals surface area contributed by atoms with E-state index in [4.69, 9.17) is 0 Å². The Morgan fingerprint density at radius 1 is 1.33 bits per heavy atom. The Kier molecular flexibility index (Phi) is 4.15. The molecule has 2 unspecified atom stereocenters. The summed E-state index contributed by atoms with van der Waals surface area (Å²) in [6.45, 7) is 3.94. The summed E-state index contributed by atoms with van der Waals surface area (Å²) in [6, 6.07) is 8.47. The molecule has 3 rings (SSSR count). The van der Waals surface area contributed by atoms with Gasteiger partial charge in [0.25, 0.3) is 0 Å². The molecule has 1 fully saturated rings. The number of hydrogen-bond acceptors (Lipinski definition) is 3. The summed E-state index contributed by atoms with van der Waals surface area (Å²) in [6.07, 6.45) is 2.70. The molecule has 4 nitrogen and oxygen atoms in total. The molecular formula is C17H24N2O2. The Labute approximate surface area is 126 Å². The number of carbonyl (C=O) groups is 1. The van der Waals surface area contributed by atoms with Gasteiger partial charge in [-0.2, -0.15) is 0 Å². The number of para-hydroxylation sites is 1. The second kappa shape index (κ2) is 6.06. The van der Waals surface area contributed by atoms with Crippen LogP contribution in [0.1, 0.15) is 37.7 Å². The predicted molar refractivity (Wildman–Crippen MR) is 83.3 cm³/mol. The van der Waals surface area contributed by atoms with Crippen LogP contribution in [0, 0.1) is 5.92 Å². The number of fused-ring (bicyclic) bond motifs is 1. The maximum Gasteiger partial charge on any atom is 0.230 e. The number of amides is 1. The zero-order valence-electron chi connectivity index (χ0n) is 12.6. The highest BCUT2D eigenvalue weighted by atomic mass is 16.3. The van der Waals surface area contributed by atoms with Crippen molar-refractivity contribution in [1.82, 2.24) is 4.90 Å². The van der Waals surface area contributed by atoms with Crippen LogP contribution in [0.4, 0.5) is 5.69 Å². The van der Waals surface area contributed by atoms with E-state index in [-0.39, 0.29) is 18.4 Å². The molecule has 114 valence electrons. The van der Waals surface area contributed by atoms with Gasteiger partial charge in [-0.05, 0) is 43.7 Å². The Bertz CT molecular complexity index is 509. The highest BCUT2D eigenvalue weighted by molar-refractivity contribution is 5.86. The van der Waals surface area contributed by atoms with Gasteiger partial charge in [0, 0.05) is 31.4 Å². The minimum Gasteiger partial charge on any atom is -0.396 e. The van der Waals surface area contributed by atoms with Gasteiger partial charge in [-0.25, -0.2) is 0 Å². The largest absolute Gasteiger partial charge is 0.396 e. The van der Waals surface area contributed by atoms with Gasteiger partial charge >= 0.3 is 0 Å². The number of aliphatic hydroxyl groups is 1. The molecule has 1 aromatic rings. The number of anilines is 1. The molecule has 0 aliphatic carbocycles. The average molecular weight is 288 g/mol. The molecular weight excluding hydrogens is 264 g/mol. The number of carbonyl (C=O) groups excluding carboxylic acids is 1. The lowest BCUT2D eigenvalue weighted by Gasteiger charge is -2.37. The third kappa shape index (κ3) is 2.91. The molecule has 1 amide bonds. The zero-order chi connectivity index (χ0) is 14.8. The topological polar surface area (TPSA) is 52.6 Å². The molecule has 4 heteroatoms. The van der Waals surface area contributed by atoms with Crippen molar-refractivity contribution >= 4 is 11.6 Å². The monoisotopic (exact) mass is 288 g/mol. The maximum absolute atomic E-state index is 12.9. The van der Waals surface area contributed by atoms with Crippen molar-refractivity contribution in [2.24, 2.45) is 5.92 Å². The van der Waals surface area contributed by atoms with Crippen molar-refractivity contribution in [1.29, 1.82) is 0 Å². The molecule has 1 aromatic carbocycles. The quantitative estimate of drug-likeness (QED) is 0.877. The van der Waals surface area contributed by atoms with Crippen molar-refractivity contribution in [3.05, 3.63) is 29.8 Å². The van der Waals surface area contributed by atoms with Crippen LogP contribution in [-0.4, -0.2) is 41.7 Å². The fraction of sp³-hybridized carbons (Fsp3) is 0.588. The van der Waals surface area contributed by atoms with Crippen molar-refractivity contribution < 1.29 is 9.90 Å². The van der Waals surface area contributed by atoms with Gasteiger partial charge in [0.05, 0.1) is 5.92 Å². The molecule has 2 N–H and O–H groups in total. The van der Waals surface area contributed by atoms with Crippen LogP contribution in [0.2, 0.25) is 0 Å². The zero-order valence-corrected chi connectivity index (χ0v) is 12.6. The van der Waals surface area contributed by atoms with E-state index in [1.807, 2.05) is 17.0 Å². The van der Waals surface area contributed by atoms with E-state index in [9.17, 15) is 9.90 Å². The predicted octanol–water partition coefficient (Wildman–Crippen LogP) is 2.21. The first kappa shape index (κ1) is 14.4. The summed E-state index contributed by atoms with van der Waals surface area (Å²) in [7, 11) is 0. The molecule has 0 aromatic heterocycles. The highest BCUT2D eigenvalue weighted by Crippen LogP contribution is 2.36. The van der Waals surface area contributed by atoms with E-state index in [0.717, 1.165) is 43.6 Å². The molecule has 1 saturated heterocycles. The van der Waals surface area contributed by atoms with Crippen molar-refractivity contribution in [3.8, 4) is 0 Å². The number of hydrogen-bond donors (Lipinski definition) is 2. The lowest BCUT2D eigenvalue weighted by molar-refractivity contribution is -0.134. The van der Waals surface area contributed by atoms with Crippen LogP contribution in [0.5, 0.6) is 0 Å². The SMILES string of the molecule is CC1CC(C(=O)N2CCC(CO)CC2)c2ccccc2N1. The van der Waals surface area contributed by atoms with Crippen molar-refractivity contribution in [2.75, 3.05) is 25.0 Å². The summed E-state index contributed by atoms with van der Waals surface area (Å²) >= 11 is 0. The molecule has 0 spiro atoms. The standard InChI is InChI=1S/C17H24N2O2/c1-12-10-15(14-4-2-3-5-16(14)18-12)17(21)19-8-6-13(11-20)7-9-19/h2-5,12-13,15,18,20H,6-11H2,1H3. The number of benzene rings is 1. The van der Waals surface area contributed by atoms with Gasteiger partial charge < -0.3 is 15.3 Å². The van der Waals surface area contributed by atoms with E-state index in [1.54, 1.807) is 0 Å². The molecule has 0 bridgehead atoms. The number of rotatable bonds is 2. The Morgan fingerprint density at radius 3 is 2.76 bits per heavy atom. The second-order valence-electron chi connectivity index (χ2n) is 6.37. The number of aliphatic hydroxyl groups excluding tert-OH is 1.